The van der Waals surface area contributed by atoms with Gasteiger partial charge in [-0.05, 0) is 38.6 Å². The van der Waals surface area contributed by atoms with E-state index in [1.54, 1.807) is 12.1 Å². The molecule has 20 heavy (non-hydrogen) atoms. The normalized spacial score (nSPS) is 26.4. The molecule has 0 aliphatic heterocycles. The number of nitrogens with zero attached hydrogens (tertiary/aromatic N) is 1. The van der Waals surface area contributed by atoms with E-state index in [0.717, 1.165) is 32.2 Å². The summed E-state index contributed by atoms with van der Waals surface area (Å²) in [7, 11) is 4.05. The Morgan fingerprint density at radius 1 is 1.30 bits per heavy atom. The van der Waals surface area contributed by atoms with Crippen LogP contribution in [-0.4, -0.2) is 36.2 Å². The van der Waals surface area contributed by atoms with Crippen LogP contribution in [0.3, 0.4) is 0 Å². The fourth-order valence-corrected chi connectivity index (χ4v) is 3.20. The molecule has 0 saturated heterocycles. The van der Waals surface area contributed by atoms with Crippen LogP contribution in [0.4, 0.5) is 4.39 Å². The third-order valence-electron chi connectivity index (χ3n) is 4.21. The summed E-state index contributed by atoms with van der Waals surface area (Å²) in [6.45, 7) is 0.866. The molecule has 0 aromatic heterocycles. The molecular weight excluding hydrogens is 277 g/mol. The second-order valence-corrected chi connectivity index (χ2v) is 6.08. The monoisotopic (exact) mass is 301 g/mol. The minimum atomic E-state index is -0.759. The number of hydrogen-bond donors (Lipinski definition) is 1. The van der Waals surface area contributed by atoms with Crippen LogP contribution >= 0.6 is 12.4 Å². The zero-order valence-electron chi connectivity index (χ0n) is 12.3. The molecule has 1 aliphatic carbocycles. The maximum atomic E-state index is 13.8. The van der Waals surface area contributed by atoms with Gasteiger partial charge in [-0.25, -0.2) is 4.39 Å². The smallest absolute Gasteiger partial charge is 0.126 e. The third-order valence-corrected chi connectivity index (χ3v) is 4.21. The van der Waals surface area contributed by atoms with Gasteiger partial charge in [-0.1, -0.05) is 31.0 Å². The Balaban J connectivity index is 0.00000200. The van der Waals surface area contributed by atoms with Crippen LogP contribution in [0.25, 0.3) is 0 Å². The van der Waals surface area contributed by atoms with E-state index in [4.69, 9.17) is 0 Å². The van der Waals surface area contributed by atoms with Crippen LogP contribution in [0, 0.1) is 11.7 Å². The van der Waals surface area contributed by atoms with E-state index in [1.165, 1.54) is 6.07 Å². The highest BCUT2D eigenvalue weighted by molar-refractivity contribution is 5.85. The SMILES string of the molecule is CN(C)CC1CCCCC1(O)Cc1ccccc1F.Cl. The molecule has 0 bridgehead atoms. The first kappa shape index (κ1) is 17.4. The number of hydrogen-bond acceptors (Lipinski definition) is 2. The van der Waals surface area contributed by atoms with Crippen LogP contribution in [0.15, 0.2) is 24.3 Å². The standard InChI is InChI=1S/C16H24FNO.ClH/c1-18(2)12-14-8-5-6-10-16(14,19)11-13-7-3-4-9-15(13)17;/h3-4,7,9,14,19H,5-6,8,10-12H2,1-2H3;1H. The molecule has 2 atom stereocenters. The maximum absolute atomic E-state index is 13.8. The van der Waals surface area contributed by atoms with E-state index >= 15 is 0 Å². The molecular formula is C16H25ClFNO. The first-order valence-electron chi connectivity index (χ1n) is 7.12. The number of halogens is 2. The van der Waals surface area contributed by atoms with Crippen molar-refractivity contribution in [1.29, 1.82) is 0 Å². The van der Waals surface area contributed by atoms with Gasteiger partial charge in [0.05, 0.1) is 5.60 Å². The first-order chi connectivity index (χ1) is 9.01. The van der Waals surface area contributed by atoms with Crippen molar-refractivity contribution < 1.29 is 9.50 Å². The van der Waals surface area contributed by atoms with Gasteiger partial charge in [-0.15, -0.1) is 12.4 Å². The van der Waals surface area contributed by atoms with Crippen molar-refractivity contribution in [3.63, 3.8) is 0 Å². The van der Waals surface area contributed by atoms with Gasteiger partial charge in [0.1, 0.15) is 5.82 Å². The van der Waals surface area contributed by atoms with Crippen molar-refractivity contribution in [2.24, 2.45) is 5.92 Å². The van der Waals surface area contributed by atoms with E-state index in [-0.39, 0.29) is 24.1 Å². The van der Waals surface area contributed by atoms with Crippen molar-refractivity contribution >= 4 is 12.4 Å². The molecule has 1 saturated carbocycles. The number of rotatable bonds is 4. The molecule has 2 rings (SSSR count). The van der Waals surface area contributed by atoms with Crippen molar-refractivity contribution in [3.8, 4) is 0 Å². The van der Waals surface area contributed by atoms with E-state index in [1.807, 2.05) is 20.2 Å². The Kier molecular flexibility index (Phi) is 6.44. The van der Waals surface area contributed by atoms with Gasteiger partial charge >= 0.3 is 0 Å². The summed E-state index contributed by atoms with van der Waals surface area (Å²) in [4.78, 5) is 2.11. The topological polar surface area (TPSA) is 23.5 Å². The van der Waals surface area contributed by atoms with Crippen LogP contribution < -0.4 is 0 Å². The zero-order valence-corrected chi connectivity index (χ0v) is 13.1. The largest absolute Gasteiger partial charge is 0.389 e. The molecule has 0 heterocycles. The van der Waals surface area contributed by atoms with Crippen molar-refractivity contribution in [1.82, 2.24) is 4.90 Å². The Morgan fingerprint density at radius 2 is 2.00 bits per heavy atom. The van der Waals surface area contributed by atoms with Crippen LogP contribution in [0.2, 0.25) is 0 Å². The molecule has 1 aromatic rings. The quantitative estimate of drug-likeness (QED) is 0.922. The maximum Gasteiger partial charge on any atom is 0.126 e. The molecule has 4 heteroatoms. The van der Waals surface area contributed by atoms with E-state index in [9.17, 15) is 9.50 Å². The molecule has 2 unspecified atom stereocenters. The van der Waals surface area contributed by atoms with Crippen molar-refractivity contribution in [2.45, 2.75) is 37.7 Å². The first-order valence-corrected chi connectivity index (χ1v) is 7.12. The Bertz CT molecular complexity index is 427. The lowest BCUT2D eigenvalue weighted by atomic mass is 9.72. The molecule has 114 valence electrons. The highest BCUT2D eigenvalue weighted by Crippen LogP contribution is 2.37. The zero-order chi connectivity index (χ0) is 13.9. The summed E-state index contributed by atoms with van der Waals surface area (Å²) in [5, 5.41) is 11.0. The number of aliphatic hydroxyl groups is 1. The number of benzene rings is 1. The van der Waals surface area contributed by atoms with Crippen LogP contribution in [0.5, 0.6) is 0 Å². The van der Waals surface area contributed by atoms with Gasteiger partial charge < -0.3 is 10.0 Å². The van der Waals surface area contributed by atoms with E-state index in [0.29, 0.717) is 12.0 Å². The predicted octanol–water partition coefficient (Wildman–Crippen LogP) is 3.27. The lowest BCUT2D eigenvalue weighted by Gasteiger charge is -2.41. The summed E-state index contributed by atoms with van der Waals surface area (Å²) >= 11 is 0. The summed E-state index contributed by atoms with van der Waals surface area (Å²) in [5.74, 6) is 0.0287. The second-order valence-electron chi connectivity index (χ2n) is 6.08. The van der Waals surface area contributed by atoms with Crippen molar-refractivity contribution in [3.05, 3.63) is 35.6 Å². The molecule has 1 aliphatic rings. The highest BCUT2D eigenvalue weighted by atomic mass is 35.5. The van der Waals surface area contributed by atoms with Crippen molar-refractivity contribution in [2.75, 3.05) is 20.6 Å². The molecule has 0 amide bonds. The average molecular weight is 302 g/mol. The fourth-order valence-electron chi connectivity index (χ4n) is 3.20. The Labute approximate surface area is 127 Å². The molecule has 1 N–H and O–H groups in total. The van der Waals surface area contributed by atoms with E-state index < -0.39 is 5.60 Å². The molecule has 2 nitrogen and oxygen atoms in total. The van der Waals surface area contributed by atoms with E-state index in [2.05, 4.69) is 4.90 Å². The molecule has 1 fully saturated rings. The summed E-state index contributed by atoms with van der Waals surface area (Å²) in [5.41, 5.74) is -0.124. The van der Waals surface area contributed by atoms with Crippen LogP contribution in [-0.2, 0) is 6.42 Å². The van der Waals surface area contributed by atoms with Gasteiger partial charge in [-0.3, -0.25) is 0 Å². The van der Waals surface area contributed by atoms with Gasteiger partial charge in [0.15, 0.2) is 0 Å². The van der Waals surface area contributed by atoms with Gasteiger partial charge in [0.2, 0.25) is 0 Å². The minimum absolute atomic E-state index is 0. The van der Waals surface area contributed by atoms with Gasteiger partial charge in [-0.2, -0.15) is 0 Å². The second kappa shape index (κ2) is 7.39. The average Bonchev–Trinajstić information content (AvgIpc) is 2.35. The predicted molar refractivity (Wildman–Crippen MR) is 82.8 cm³/mol. The highest BCUT2D eigenvalue weighted by Gasteiger charge is 2.39. The molecule has 0 radical (unpaired) electrons. The van der Waals surface area contributed by atoms with Gasteiger partial charge in [0.25, 0.3) is 0 Å². The molecule has 0 spiro atoms. The summed E-state index contributed by atoms with van der Waals surface area (Å²) in [6, 6.07) is 6.80. The van der Waals surface area contributed by atoms with Crippen LogP contribution in [0.1, 0.15) is 31.2 Å². The Morgan fingerprint density at radius 3 is 2.65 bits per heavy atom. The lowest BCUT2D eigenvalue weighted by molar-refractivity contribution is -0.0557. The minimum Gasteiger partial charge on any atom is -0.389 e. The lowest BCUT2D eigenvalue weighted by Crippen LogP contribution is -2.47. The van der Waals surface area contributed by atoms with Gasteiger partial charge in [0, 0.05) is 18.9 Å². The molecule has 1 aromatic carbocycles. The third kappa shape index (κ3) is 4.18. The summed E-state index contributed by atoms with van der Waals surface area (Å²) < 4.78 is 13.8. The fraction of sp³-hybridized carbons (Fsp3) is 0.625. The Hall–Kier alpha value is -0.640. The summed E-state index contributed by atoms with van der Waals surface area (Å²) in [6.07, 6.45) is 4.44.